The second-order valence-corrected chi connectivity index (χ2v) is 5.83. The van der Waals surface area contributed by atoms with Gasteiger partial charge in [-0.3, -0.25) is 4.18 Å². The third kappa shape index (κ3) is 6.35. The van der Waals surface area contributed by atoms with Crippen molar-refractivity contribution in [2.45, 2.75) is 37.7 Å². The minimum absolute atomic E-state index is 1.06. The summed E-state index contributed by atoms with van der Waals surface area (Å²) in [6.07, 6.45) is 1.01. The zero-order chi connectivity index (χ0) is 21.0. The van der Waals surface area contributed by atoms with E-state index in [2.05, 4.69) is 28.2 Å². The van der Waals surface area contributed by atoms with Gasteiger partial charge in [-0.2, -0.15) is 26.3 Å². The third-order valence-electron chi connectivity index (χ3n) is 2.73. The number of aromatic nitrogens is 2. The number of alkyl halides is 8. The smallest absolute Gasteiger partial charge is 0.380 e. The molecule has 0 radical (unpaired) electrons. The molecule has 0 aliphatic rings. The van der Waals surface area contributed by atoms with E-state index in [4.69, 9.17) is 0 Å². The Labute approximate surface area is 142 Å². The molecule has 1 aromatic heterocycles. The van der Waals surface area contributed by atoms with Crippen molar-refractivity contribution < 1.29 is 56.8 Å². The SMILES string of the molecule is CCn1cc[n+](C)c1.O=S(=O)([O-])OCC(F)(F)C(F)(F)C(F)(F)C(F)F. The van der Waals surface area contributed by atoms with Crippen LogP contribution in [-0.2, 0) is 28.2 Å². The molecule has 1 rings (SSSR count). The normalized spacial score (nSPS) is 13.5. The van der Waals surface area contributed by atoms with Crippen LogP contribution in [0.25, 0.3) is 0 Å². The Hall–Kier alpha value is -1.48. The molecule has 0 aromatic carbocycles. The standard InChI is InChI=1S/C6H11N2.C5H4F8O4S/c1-3-8-5-4-7(2)6-8;6-2(7)4(10,11)5(12,13)3(8,9)1-17-18(14,15)16/h4-6H,3H2,1-2H3;2H,1H2,(H,14,15,16)/q+1;/p-1. The Bertz CT molecular complexity index is 677. The second kappa shape index (κ2) is 8.47. The third-order valence-corrected chi connectivity index (χ3v) is 3.13. The molecule has 0 atom stereocenters. The predicted molar refractivity (Wildman–Crippen MR) is 67.8 cm³/mol. The molecule has 1 heterocycles. The highest BCUT2D eigenvalue weighted by atomic mass is 32.3. The van der Waals surface area contributed by atoms with Crippen molar-refractivity contribution >= 4 is 10.4 Å². The highest BCUT2D eigenvalue weighted by Gasteiger charge is 2.75. The molecule has 0 N–H and O–H groups in total. The molecule has 0 saturated heterocycles. The van der Waals surface area contributed by atoms with Crippen LogP contribution in [-0.4, -0.2) is 48.3 Å². The van der Waals surface area contributed by atoms with Crippen LogP contribution in [0.1, 0.15) is 6.92 Å². The van der Waals surface area contributed by atoms with Crippen molar-refractivity contribution in [1.82, 2.24) is 4.57 Å². The summed E-state index contributed by atoms with van der Waals surface area (Å²) >= 11 is 0. The summed E-state index contributed by atoms with van der Waals surface area (Å²) in [6, 6.07) is 0. The van der Waals surface area contributed by atoms with Gasteiger partial charge in [0.1, 0.15) is 19.0 Å². The van der Waals surface area contributed by atoms with Crippen molar-refractivity contribution in [2.75, 3.05) is 6.61 Å². The van der Waals surface area contributed by atoms with Gasteiger partial charge in [-0.05, 0) is 6.92 Å². The van der Waals surface area contributed by atoms with E-state index in [9.17, 15) is 48.1 Å². The zero-order valence-corrected chi connectivity index (χ0v) is 14.0. The lowest BCUT2D eigenvalue weighted by molar-refractivity contribution is -0.671. The van der Waals surface area contributed by atoms with E-state index >= 15 is 0 Å². The first-order chi connectivity index (χ1) is 11.5. The summed E-state index contributed by atoms with van der Waals surface area (Å²) in [5.41, 5.74) is 0. The fourth-order valence-corrected chi connectivity index (χ4v) is 1.60. The summed E-state index contributed by atoms with van der Waals surface area (Å²) in [4.78, 5) is 0. The van der Waals surface area contributed by atoms with Crippen LogP contribution in [0.4, 0.5) is 35.1 Å². The largest absolute Gasteiger partial charge is 0.726 e. The average Bonchev–Trinajstić information content (AvgIpc) is 2.90. The number of aryl methyl sites for hydroxylation is 2. The maximum Gasteiger partial charge on any atom is 0.380 e. The first-order valence-electron chi connectivity index (χ1n) is 6.50. The topological polar surface area (TPSA) is 75.2 Å². The van der Waals surface area contributed by atoms with Crippen LogP contribution < -0.4 is 4.57 Å². The van der Waals surface area contributed by atoms with Gasteiger partial charge >= 0.3 is 24.2 Å². The number of rotatable bonds is 7. The van der Waals surface area contributed by atoms with Crippen molar-refractivity contribution in [3.8, 4) is 0 Å². The maximum atomic E-state index is 12.5. The highest BCUT2D eigenvalue weighted by Crippen LogP contribution is 2.48. The lowest BCUT2D eigenvalue weighted by atomic mass is 10.1. The van der Waals surface area contributed by atoms with Crippen molar-refractivity contribution in [3.05, 3.63) is 18.7 Å². The Kier molecular flexibility index (Phi) is 7.99. The van der Waals surface area contributed by atoms with Gasteiger partial charge in [-0.1, -0.05) is 0 Å². The van der Waals surface area contributed by atoms with Gasteiger partial charge in [-0.15, -0.1) is 0 Å². The summed E-state index contributed by atoms with van der Waals surface area (Å²) in [7, 11) is -3.86. The summed E-state index contributed by atoms with van der Waals surface area (Å²) in [5.74, 6) is -19.0. The van der Waals surface area contributed by atoms with Crippen LogP contribution in [0.15, 0.2) is 18.7 Å². The Morgan fingerprint density at radius 1 is 1.19 bits per heavy atom. The minimum Gasteiger partial charge on any atom is -0.726 e. The molecule has 0 spiro atoms. The molecule has 26 heavy (non-hydrogen) atoms. The molecule has 0 saturated carbocycles. The lowest BCUT2D eigenvalue weighted by Gasteiger charge is -2.31. The number of nitrogens with zero attached hydrogens (tertiary/aromatic N) is 2. The Morgan fingerprint density at radius 3 is 1.96 bits per heavy atom. The highest BCUT2D eigenvalue weighted by molar-refractivity contribution is 7.80. The number of hydrogen-bond acceptors (Lipinski definition) is 4. The van der Waals surface area contributed by atoms with E-state index < -0.39 is 41.2 Å². The van der Waals surface area contributed by atoms with E-state index in [0.29, 0.717) is 0 Å². The Balaban J connectivity index is 0.000000642. The van der Waals surface area contributed by atoms with E-state index in [0.717, 1.165) is 6.54 Å². The van der Waals surface area contributed by atoms with Crippen LogP contribution >= 0.6 is 0 Å². The first-order valence-corrected chi connectivity index (χ1v) is 7.84. The fourth-order valence-electron chi connectivity index (χ4n) is 1.31. The quantitative estimate of drug-likeness (QED) is 0.292. The number of imidazole rings is 1. The van der Waals surface area contributed by atoms with Gasteiger partial charge in [0.15, 0.2) is 0 Å². The summed E-state index contributed by atoms with van der Waals surface area (Å²) in [6.45, 7) is 0.189. The van der Waals surface area contributed by atoms with Crippen LogP contribution in [0.2, 0.25) is 0 Å². The molecule has 154 valence electrons. The summed E-state index contributed by atoms with van der Waals surface area (Å²) < 4.78 is 133. The molecule has 0 unspecified atom stereocenters. The van der Waals surface area contributed by atoms with Gasteiger partial charge in [-0.25, -0.2) is 26.3 Å². The maximum absolute atomic E-state index is 12.5. The van der Waals surface area contributed by atoms with E-state index in [1.54, 1.807) is 0 Å². The Morgan fingerprint density at radius 2 is 1.69 bits per heavy atom. The molecule has 6 nitrogen and oxygen atoms in total. The lowest BCUT2D eigenvalue weighted by Crippen LogP contribution is -2.59. The van der Waals surface area contributed by atoms with Crippen molar-refractivity contribution in [3.63, 3.8) is 0 Å². The minimum atomic E-state index is -6.61. The van der Waals surface area contributed by atoms with Crippen LogP contribution in [0.5, 0.6) is 0 Å². The molecular weight excluding hydrogens is 408 g/mol. The van der Waals surface area contributed by atoms with Gasteiger partial charge in [0.25, 0.3) is 0 Å². The fraction of sp³-hybridized carbons (Fsp3) is 0.727. The van der Waals surface area contributed by atoms with E-state index in [1.807, 2.05) is 17.8 Å². The molecule has 1 aromatic rings. The van der Waals surface area contributed by atoms with Gasteiger partial charge in [0, 0.05) is 0 Å². The average molecular weight is 422 g/mol. The first kappa shape index (κ1) is 24.5. The molecular formula is C11H14F8N2O4S. The van der Waals surface area contributed by atoms with Gasteiger partial charge in [0.2, 0.25) is 16.7 Å². The molecule has 0 aliphatic heterocycles. The number of halogens is 8. The van der Waals surface area contributed by atoms with E-state index in [-0.39, 0.29) is 0 Å². The molecule has 0 amide bonds. The monoisotopic (exact) mass is 422 g/mol. The molecule has 0 bridgehead atoms. The van der Waals surface area contributed by atoms with Gasteiger partial charge < -0.3 is 4.55 Å². The van der Waals surface area contributed by atoms with Crippen molar-refractivity contribution in [2.24, 2.45) is 7.05 Å². The molecule has 0 fully saturated rings. The predicted octanol–water partition coefficient (Wildman–Crippen LogP) is 1.97. The summed E-state index contributed by atoms with van der Waals surface area (Å²) in [5, 5.41) is 0. The number of hydrogen-bond donors (Lipinski definition) is 0. The van der Waals surface area contributed by atoms with E-state index in [1.165, 1.54) is 0 Å². The van der Waals surface area contributed by atoms with Crippen molar-refractivity contribution in [1.29, 1.82) is 0 Å². The second-order valence-electron chi connectivity index (χ2n) is 4.78. The molecule has 15 heteroatoms. The molecule has 0 aliphatic carbocycles. The van der Waals surface area contributed by atoms with Gasteiger partial charge in [0.05, 0.1) is 13.6 Å². The van der Waals surface area contributed by atoms with Crippen LogP contribution in [0.3, 0.4) is 0 Å². The zero-order valence-electron chi connectivity index (χ0n) is 13.2. The van der Waals surface area contributed by atoms with Crippen LogP contribution in [0, 0.1) is 0 Å².